The molecule has 0 amide bonds. The van der Waals surface area contributed by atoms with Crippen molar-refractivity contribution in [2.45, 2.75) is 20.0 Å². The molecule has 0 bridgehead atoms. The molecule has 136 valence electrons. The van der Waals surface area contributed by atoms with E-state index in [0.717, 1.165) is 21.3 Å². The van der Waals surface area contributed by atoms with Crippen molar-refractivity contribution in [3.8, 4) is 11.5 Å². The van der Waals surface area contributed by atoms with Crippen molar-refractivity contribution in [1.29, 1.82) is 0 Å². The van der Waals surface area contributed by atoms with Crippen molar-refractivity contribution in [2.24, 2.45) is 0 Å². The number of rotatable bonds is 8. The van der Waals surface area contributed by atoms with Crippen molar-refractivity contribution in [3.05, 3.63) is 57.6 Å². The molecular weight excluding hydrogens is 410 g/mol. The molecule has 0 atom stereocenters. The van der Waals surface area contributed by atoms with Crippen LogP contribution >= 0.6 is 28.3 Å². The zero-order valence-electron chi connectivity index (χ0n) is 14.0. The summed E-state index contributed by atoms with van der Waals surface area (Å²) in [5.74, 6) is 0.503. The Kier molecular flexibility index (Phi) is 8.75. The van der Waals surface area contributed by atoms with Crippen molar-refractivity contribution in [1.82, 2.24) is 5.32 Å². The Balaban J connectivity index is 0.00000312. The Morgan fingerprint density at radius 3 is 2.44 bits per heavy atom. The lowest BCUT2D eigenvalue weighted by Crippen LogP contribution is -2.14. The van der Waals surface area contributed by atoms with Crippen LogP contribution in [0.1, 0.15) is 28.4 Å². The normalized spacial score (nSPS) is 10.0. The SMILES string of the molecule is CCOc1c(CNCc2ccc(C(=O)O)cc2)cc(Br)cc1OC.Cl. The molecule has 0 saturated carbocycles. The maximum Gasteiger partial charge on any atom is 0.335 e. The topological polar surface area (TPSA) is 67.8 Å². The number of hydrogen-bond acceptors (Lipinski definition) is 4. The van der Waals surface area contributed by atoms with Crippen LogP contribution in [-0.2, 0) is 13.1 Å². The molecule has 2 rings (SSSR count). The van der Waals surface area contributed by atoms with Crippen LogP contribution in [0.15, 0.2) is 40.9 Å². The lowest BCUT2D eigenvalue weighted by atomic mass is 10.1. The van der Waals surface area contributed by atoms with E-state index in [2.05, 4.69) is 21.2 Å². The van der Waals surface area contributed by atoms with Gasteiger partial charge in [0.2, 0.25) is 0 Å². The fourth-order valence-corrected chi connectivity index (χ4v) is 2.80. The van der Waals surface area contributed by atoms with Gasteiger partial charge in [-0.25, -0.2) is 4.79 Å². The molecular formula is C18H21BrClNO4. The van der Waals surface area contributed by atoms with Gasteiger partial charge in [0.15, 0.2) is 11.5 Å². The molecule has 0 spiro atoms. The summed E-state index contributed by atoms with van der Waals surface area (Å²) in [6, 6.07) is 10.7. The minimum atomic E-state index is -0.919. The minimum absolute atomic E-state index is 0. The molecule has 7 heteroatoms. The summed E-state index contributed by atoms with van der Waals surface area (Å²) in [6.07, 6.45) is 0. The Hall–Kier alpha value is -1.76. The minimum Gasteiger partial charge on any atom is -0.493 e. The third-order valence-electron chi connectivity index (χ3n) is 3.45. The average molecular weight is 431 g/mol. The molecule has 0 aliphatic carbocycles. The Morgan fingerprint density at radius 1 is 1.20 bits per heavy atom. The number of benzene rings is 2. The third kappa shape index (κ3) is 5.92. The van der Waals surface area contributed by atoms with Crippen molar-refractivity contribution >= 4 is 34.3 Å². The van der Waals surface area contributed by atoms with E-state index in [1.807, 2.05) is 19.1 Å². The highest BCUT2D eigenvalue weighted by Crippen LogP contribution is 2.34. The highest BCUT2D eigenvalue weighted by atomic mass is 79.9. The number of methoxy groups -OCH3 is 1. The summed E-state index contributed by atoms with van der Waals surface area (Å²) >= 11 is 3.48. The second-order valence-corrected chi connectivity index (χ2v) is 6.05. The number of carboxylic acid groups (broad SMARTS) is 1. The first-order valence-electron chi connectivity index (χ1n) is 7.57. The standard InChI is InChI=1S/C18H20BrNO4.ClH/c1-3-24-17-14(8-15(19)9-16(17)23-2)11-20-10-12-4-6-13(7-5-12)18(21)22;/h4-9,20H,3,10-11H2,1-2H3,(H,21,22);1H. The molecule has 2 N–H and O–H groups in total. The molecule has 0 fully saturated rings. The number of aromatic carboxylic acids is 1. The molecule has 25 heavy (non-hydrogen) atoms. The number of halogens is 2. The zero-order valence-corrected chi connectivity index (χ0v) is 16.4. The summed E-state index contributed by atoms with van der Waals surface area (Å²) in [5.41, 5.74) is 2.29. The van der Waals surface area contributed by atoms with Crippen LogP contribution in [0.25, 0.3) is 0 Å². The van der Waals surface area contributed by atoms with Crippen LogP contribution in [-0.4, -0.2) is 24.8 Å². The van der Waals surface area contributed by atoms with Gasteiger partial charge in [0, 0.05) is 23.1 Å². The van der Waals surface area contributed by atoms with E-state index in [1.165, 1.54) is 0 Å². The summed E-state index contributed by atoms with van der Waals surface area (Å²) in [6.45, 7) is 3.72. The quantitative estimate of drug-likeness (QED) is 0.655. The lowest BCUT2D eigenvalue weighted by molar-refractivity contribution is 0.0697. The molecule has 0 radical (unpaired) electrons. The number of hydrogen-bond donors (Lipinski definition) is 2. The van der Waals surface area contributed by atoms with Gasteiger partial charge < -0.3 is 19.9 Å². The number of carboxylic acids is 1. The molecule has 2 aromatic carbocycles. The molecule has 0 aliphatic heterocycles. The van der Waals surface area contributed by atoms with Crippen LogP contribution in [0, 0.1) is 0 Å². The monoisotopic (exact) mass is 429 g/mol. The summed E-state index contributed by atoms with van der Waals surface area (Å²) in [7, 11) is 1.62. The van der Waals surface area contributed by atoms with Crippen molar-refractivity contribution < 1.29 is 19.4 Å². The van der Waals surface area contributed by atoms with Crippen molar-refractivity contribution in [3.63, 3.8) is 0 Å². The molecule has 0 aromatic heterocycles. The second kappa shape index (κ2) is 10.3. The number of ether oxygens (including phenoxy) is 2. The molecule has 5 nitrogen and oxygen atoms in total. The highest BCUT2D eigenvalue weighted by molar-refractivity contribution is 9.10. The van der Waals surface area contributed by atoms with E-state index in [4.69, 9.17) is 14.6 Å². The highest BCUT2D eigenvalue weighted by Gasteiger charge is 2.12. The van der Waals surface area contributed by atoms with Gasteiger partial charge in [-0.2, -0.15) is 0 Å². The van der Waals surface area contributed by atoms with Crippen LogP contribution in [0.5, 0.6) is 11.5 Å². The second-order valence-electron chi connectivity index (χ2n) is 5.13. The van der Waals surface area contributed by atoms with Gasteiger partial charge in [-0.15, -0.1) is 12.4 Å². The first kappa shape index (κ1) is 21.3. The van der Waals surface area contributed by atoms with Gasteiger partial charge >= 0.3 is 5.97 Å². The zero-order chi connectivity index (χ0) is 17.5. The summed E-state index contributed by atoms with van der Waals surface area (Å²) < 4.78 is 12.0. The molecule has 2 aromatic rings. The molecule has 0 aliphatic rings. The fourth-order valence-electron chi connectivity index (χ4n) is 2.32. The molecule has 0 unspecified atom stereocenters. The fraction of sp³-hybridized carbons (Fsp3) is 0.278. The summed E-state index contributed by atoms with van der Waals surface area (Å²) in [5, 5.41) is 12.3. The van der Waals surface area contributed by atoms with Gasteiger partial charge in [-0.1, -0.05) is 28.1 Å². The van der Waals surface area contributed by atoms with Gasteiger partial charge in [-0.3, -0.25) is 0 Å². The first-order chi connectivity index (χ1) is 11.5. The van der Waals surface area contributed by atoms with Gasteiger partial charge in [-0.05, 0) is 36.8 Å². The van der Waals surface area contributed by atoms with E-state index in [0.29, 0.717) is 25.4 Å². The maximum atomic E-state index is 10.9. The van der Waals surface area contributed by atoms with E-state index >= 15 is 0 Å². The number of carbonyl (C=O) groups is 1. The van der Waals surface area contributed by atoms with E-state index in [9.17, 15) is 4.79 Å². The third-order valence-corrected chi connectivity index (χ3v) is 3.91. The number of nitrogens with one attached hydrogen (secondary N) is 1. The van der Waals surface area contributed by atoms with E-state index in [-0.39, 0.29) is 18.0 Å². The van der Waals surface area contributed by atoms with Crippen LogP contribution in [0.2, 0.25) is 0 Å². The molecule has 0 saturated heterocycles. The van der Waals surface area contributed by atoms with Crippen LogP contribution in [0.3, 0.4) is 0 Å². The first-order valence-corrected chi connectivity index (χ1v) is 8.36. The van der Waals surface area contributed by atoms with Gasteiger partial charge in [0.1, 0.15) is 0 Å². The Morgan fingerprint density at radius 2 is 1.88 bits per heavy atom. The largest absolute Gasteiger partial charge is 0.493 e. The Bertz CT molecular complexity index is 707. The average Bonchev–Trinajstić information content (AvgIpc) is 2.57. The summed E-state index contributed by atoms with van der Waals surface area (Å²) in [4.78, 5) is 10.9. The lowest BCUT2D eigenvalue weighted by Gasteiger charge is -2.15. The maximum absolute atomic E-state index is 10.9. The Labute approximate surface area is 161 Å². The predicted octanol–water partition coefficient (Wildman–Crippen LogP) is 4.27. The van der Waals surface area contributed by atoms with Crippen LogP contribution in [0.4, 0.5) is 0 Å². The van der Waals surface area contributed by atoms with E-state index < -0.39 is 5.97 Å². The predicted molar refractivity (Wildman–Crippen MR) is 103 cm³/mol. The van der Waals surface area contributed by atoms with Crippen molar-refractivity contribution in [2.75, 3.05) is 13.7 Å². The van der Waals surface area contributed by atoms with E-state index in [1.54, 1.807) is 31.4 Å². The van der Waals surface area contributed by atoms with Gasteiger partial charge in [0.05, 0.1) is 19.3 Å². The van der Waals surface area contributed by atoms with Gasteiger partial charge in [0.25, 0.3) is 0 Å². The van der Waals surface area contributed by atoms with Crippen LogP contribution < -0.4 is 14.8 Å². The molecule has 0 heterocycles. The smallest absolute Gasteiger partial charge is 0.335 e.